The molecule has 1 N–H and O–H groups in total. The number of anilines is 1. The molecule has 1 heterocycles. The van der Waals surface area contributed by atoms with Crippen molar-refractivity contribution < 1.29 is 14.3 Å². The van der Waals surface area contributed by atoms with E-state index >= 15 is 0 Å². The zero-order valence-electron chi connectivity index (χ0n) is 17.9. The number of para-hydroxylation sites is 1. The minimum absolute atomic E-state index is 0.141. The highest BCUT2D eigenvalue weighted by Gasteiger charge is 2.20. The molecule has 1 unspecified atom stereocenters. The van der Waals surface area contributed by atoms with E-state index < -0.39 is 0 Å². The van der Waals surface area contributed by atoms with Gasteiger partial charge in [-0.2, -0.15) is 0 Å². The minimum atomic E-state index is -0.367. The van der Waals surface area contributed by atoms with Gasteiger partial charge in [0.05, 0.1) is 30.8 Å². The number of nitrogens with zero attached hydrogens (tertiary/aromatic N) is 2. The second-order valence-corrected chi connectivity index (χ2v) is 8.42. The van der Waals surface area contributed by atoms with Gasteiger partial charge < -0.3 is 14.8 Å². The van der Waals surface area contributed by atoms with Gasteiger partial charge in [0.15, 0.2) is 5.16 Å². The number of amides is 1. The van der Waals surface area contributed by atoms with Crippen molar-refractivity contribution >= 4 is 23.4 Å². The molecule has 0 aliphatic rings. The Kier molecular flexibility index (Phi) is 7.05. The third-order valence-corrected chi connectivity index (χ3v) is 5.82. The van der Waals surface area contributed by atoms with Gasteiger partial charge >= 0.3 is 0 Å². The molecule has 3 rings (SSSR count). The summed E-state index contributed by atoms with van der Waals surface area (Å²) in [4.78, 5) is 17.3. The first-order chi connectivity index (χ1) is 14.4. The normalized spacial score (nSPS) is 11.9. The third kappa shape index (κ3) is 4.79. The maximum atomic E-state index is 12.9. The quantitative estimate of drug-likeness (QED) is 0.507. The third-order valence-electron chi connectivity index (χ3n) is 4.74. The highest BCUT2D eigenvalue weighted by molar-refractivity contribution is 8.00. The standard InChI is InChI=1S/C23H27N3O3S/c1-15(2)18-8-6-7-9-20(18)26-13-12-24-23(26)30-16(3)22(27)25-19-14-17(28-4)10-11-21(19)29-5/h6-16H,1-5H3,(H,25,27). The molecule has 0 bridgehead atoms. The van der Waals surface area contributed by atoms with Crippen LogP contribution in [0.4, 0.5) is 5.69 Å². The number of methoxy groups -OCH3 is 2. The maximum absolute atomic E-state index is 12.9. The number of hydrogen-bond acceptors (Lipinski definition) is 5. The van der Waals surface area contributed by atoms with Crippen molar-refractivity contribution in [2.24, 2.45) is 0 Å². The molecule has 0 fully saturated rings. The van der Waals surface area contributed by atoms with Crippen LogP contribution in [0.15, 0.2) is 60.0 Å². The Morgan fingerprint density at radius 3 is 2.57 bits per heavy atom. The summed E-state index contributed by atoms with van der Waals surface area (Å²) in [6, 6.07) is 13.6. The molecule has 6 nitrogen and oxygen atoms in total. The number of rotatable bonds is 8. The first kappa shape index (κ1) is 21.8. The molecule has 7 heteroatoms. The lowest BCUT2D eigenvalue weighted by atomic mass is 10.0. The highest BCUT2D eigenvalue weighted by Crippen LogP contribution is 2.32. The Bertz CT molecular complexity index is 1020. The van der Waals surface area contributed by atoms with Gasteiger partial charge in [-0.15, -0.1) is 0 Å². The summed E-state index contributed by atoms with van der Waals surface area (Å²) in [5, 5.41) is 3.34. The van der Waals surface area contributed by atoms with E-state index in [0.717, 1.165) is 10.8 Å². The summed E-state index contributed by atoms with van der Waals surface area (Å²) in [5.41, 5.74) is 2.88. The van der Waals surface area contributed by atoms with Gasteiger partial charge in [-0.3, -0.25) is 9.36 Å². The Morgan fingerprint density at radius 2 is 1.87 bits per heavy atom. The van der Waals surface area contributed by atoms with Crippen LogP contribution in [0.1, 0.15) is 32.3 Å². The summed E-state index contributed by atoms with van der Waals surface area (Å²) < 4.78 is 12.6. The molecular weight excluding hydrogens is 398 g/mol. The molecule has 0 aliphatic carbocycles. The predicted molar refractivity (Wildman–Crippen MR) is 121 cm³/mol. The molecular formula is C23H27N3O3S. The zero-order chi connectivity index (χ0) is 21.7. The van der Waals surface area contributed by atoms with Gasteiger partial charge in [-0.05, 0) is 36.6 Å². The molecule has 0 spiro atoms. The monoisotopic (exact) mass is 425 g/mol. The van der Waals surface area contributed by atoms with E-state index in [-0.39, 0.29) is 11.2 Å². The molecule has 2 aromatic carbocycles. The van der Waals surface area contributed by atoms with Gasteiger partial charge in [-0.1, -0.05) is 43.8 Å². The van der Waals surface area contributed by atoms with Crippen molar-refractivity contribution in [2.45, 2.75) is 37.1 Å². The van der Waals surface area contributed by atoms with Crippen molar-refractivity contribution in [3.8, 4) is 17.2 Å². The average molecular weight is 426 g/mol. The van der Waals surface area contributed by atoms with Crippen LogP contribution in [0.25, 0.3) is 5.69 Å². The topological polar surface area (TPSA) is 65.4 Å². The fourth-order valence-corrected chi connectivity index (χ4v) is 3.99. The smallest absolute Gasteiger partial charge is 0.237 e. The minimum Gasteiger partial charge on any atom is -0.497 e. The summed E-state index contributed by atoms with van der Waals surface area (Å²) in [5.74, 6) is 1.46. The van der Waals surface area contributed by atoms with Crippen LogP contribution in [0, 0.1) is 0 Å². The van der Waals surface area contributed by atoms with Crippen LogP contribution in [0.5, 0.6) is 11.5 Å². The van der Waals surface area contributed by atoms with E-state index in [1.54, 1.807) is 38.6 Å². The number of aromatic nitrogens is 2. The van der Waals surface area contributed by atoms with Crippen LogP contribution in [-0.2, 0) is 4.79 Å². The summed E-state index contributed by atoms with van der Waals surface area (Å²) in [7, 11) is 3.15. The summed E-state index contributed by atoms with van der Waals surface area (Å²) >= 11 is 1.41. The average Bonchev–Trinajstić information content (AvgIpc) is 3.21. The van der Waals surface area contributed by atoms with Crippen LogP contribution < -0.4 is 14.8 Å². The van der Waals surface area contributed by atoms with Gasteiger partial charge in [-0.25, -0.2) is 4.98 Å². The van der Waals surface area contributed by atoms with E-state index in [0.29, 0.717) is 23.1 Å². The molecule has 0 saturated carbocycles. The Balaban J connectivity index is 1.79. The van der Waals surface area contributed by atoms with Crippen molar-refractivity contribution in [2.75, 3.05) is 19.5 Å². The first-order valence-electron chi connectivity index (χ1n) is 9.76. The molecule has 158 valence electrons. The Labute approximate surface area is 181 Å². The summed E-state index contributed by atoms with van der Waals surface area (Å²) in [6.45, 7) is 6.19. The van der Waals surface area contributed by atoms with Crippen LogP contribution in [-0.4, -0.2) is 34.9 Å². The zero-order valence-corrected chi connectivity index (χ0v) is 18.7. The van der Waals surface area contributed by atoms with Crippen molar-refractivity contribution in [3.05, 3.63) is 60.4 Å². The molecule has 30 heavy (non-hydrogen) atoms. The van der Waals surface area contributed by atoms with Crippen LogP contribution in [0.3, 0.4) is 0 Å². The lowest BCUT2D eigenvalue weighted by Crippen LogP contribution is -2.23. The molecule has 0 aliphatic heterocycles. The van der Waals surface area contributed by atoms with Crippen molar-refractivity contribution in [1.82, 2.24) is 9.55 Å². The van der Waals surface area contributed by atoms with E-state index in [1.807, 2.05) is 29.8 Å². The lowest BCUT2D eigenvalue weighted by molar-refractivity contribution is -0.115. The number of ether oxygens (including phenoxy) is 2. The van der Waals surface area contributed by atoms with Gasteiger partial charge in [0.1, 0.15) is 11.5 Å². The molecule has 1 atom stereocenters. The van der Waals surface area contributed by atoms with Gasteiger partial charge in [0, 0.05) is 18.5 Å². The molecule has 0 saturated heterocycles. The molecule has 0 radical (unpaired) electrons. The first-order valence-corrected chi connectivity index (χ1v) is 10.6. The molecule has 3 aromatic rings. The van der Waals surface area contributed by atoms with Crippen LogP contribution >= 0.6 is 11.8 Å². The lowest BCUT2D eigenvalue weighted by Gasteiger charge is -2.17. The van der Waals surface area contributed by atoms with E-state index in [2.05, 4.69) is 36.3 Å². The Morgan fingerprint density at radius 1 is 1.10 bits per heavy atom. The largest absolute Gasteiger partial charge is 0.497 e. The SMILES string of the molecule is COc1ccc(OC)c(NC(=O)C(C)Sc2nccn2-c2ccccc2C(C)C)c1. The molecule has 1 aromatic heterocycles. The number of benzene rings is 2. The van der Waals surface area contributed by atoms with Gasteiger partial charge in [0.2, 0.25) is 5.91 Å². The van der Waals surface area contributed by atoms with Gasteiger partial charge in [0.25, 0.3) is 0 Å². The summed E-state index contributed by atoms with van der Waals surface area (Å²) in [6.07, 6.45) is 3.69. The van der Waals surface area contributed by atoms with Crippen LogP contribution in [0.2, 0.25) is 0 Å². The number of hydrogen-bond donors (Lipinski definition) is 1. The number of imidazole rings is 1. The second kappa shape index (κ2) is 9.71. The fraction of sp³-hybridized carbons (Fsp3) is 0.304. The number of nitrogens with one attached hydrogen (secondary N) is 1. The van der Waals surface area contributed by atoms with E-state index in [1.165, 1.54) is 17.3 Å². The molecule has 1 amide bonds. The van der Waals surface area contributed by atoms with E-state index in [4.69, 9.17) is 9.47 Å². The number of carbonyl (C=O) groups excluding carboxylic acids is 1. The number of thioether (sulfide) groups is 1. The fourth-order valence-electron chi connectivity index (χ4n) is 3.11. The predicted octanol–water partition coefficient (Wildman–Crippen LogP) is 5.13. The highest BCUT2D eigenvalue weighted by atomic mass is 32.2. The number of carbonyl (C=O) groups is 1. The second-order valence-electron chi connectivity index (χ2n) is 7.11. The van der Waals surface area contributed by atoms with E-state index in [9.17, 15) is 4.79 Å². The van der Waals surface area contributed by atoms with Crippen molar-refractivity contribution in [1.29, 1.82) is 0 Å². The van der Waals surface area contributed by atoms with Crippen molar-refractivity contribution in [3.63, 3.8) is 0 Å². The maximum Gasteiger partial charge on any atom is 0.237 e. The Hall–Kier alpha value is -2.93.